The summed E-state index contributed by atoms with van der Waals surface area (Å²) in [6.45, 7) is 4.75. The Balaban J connectivity index is 4.23. The first kappa shape index (κ1) is 73.2. The standard InChI is InChI=1S/C68H117NO8/c1-6-8-10-12-14-16-18-20-22-24-26-28-30-32-33-35-37-39-41-43-45-47-49-51-53-55-57-59-66(71)77-64(63-76-68(67(72)73)74-61-60-69(3,4)5)62-75-65(70)58-56-54-52-50-48-46-44-42-40-38-36-34-31-29-27-25-23-21-19-17-15-13-11-9-7-2/h8,10,14,16,19-22,25-28,31-34,64,68H,6-7,9,11-13,15,17-18,23-24,29-30,35-63H2,1-5H3/p+1/b10-8-,16-14-,21-19-,22-20-,27-25-,28-26-,33-32-,34-31-. The Morgan fingerprint density at radius 1 is 0.403 bits per heavy atom. The number of likely N-dealkylation sites (N-methyl/N-ethyl adjacent to an activating group) is 1. The largest absolute Gasteiger partial charge is 0.477 e. The van der Waals surface area contributed by atoms with Gasteiger partial charge >= 0.3 is 17.9 Å². The number of carbonyl (C=O) groups excluding carboxylic acids is 2. The second kappa shape index (κ2) is 58.4. The maximum atomic E-state index is 12.9. The highest BCUT2D eigenvalue weighted by Gasteiger charge is 2.25. The lowest BCUT2D eigenvalue weighted by Crippen LogP contribution is -2.40. The number of carboxylic acid groups (broad SMARTS) is 1. The zero-order valence-corrected chi connectivity index (χ0v) is 50.3. The average molecular weight is 1080 g/mol. The van der Waals surface area contributed by atoms with Crippen LogP contribution < -0.4 is 0 Å². The normalized spacial score (nSPS) is 13.4. The molecule has 2 unspecified atom stereocenters. The molecule has 2 atom stereocenters. The summed E-state index contributed by atoms with van der Waals surface area (Å²) in [6.07, 6.45) is 76.3. The Morgan fingerprint density at radius 3 is 1.10 bits per heavy atom. The van der Waals surface area contributed by atoms with Crippen LogP contribution in [0.1, 0.15) is 258 Å². The van der Waals surface area contributed by atoms with Crippen LogP contribution in [0.5, 0.6) is 0 Å². The summed E-state index contributed by atoms with van der Waals surface area (Å²) in [7, 11) is 5.97. The van der Waals surface area contributed by atoms with Crippen LogP contribution in [0.25, 0.3) is 0 Å². The van der Waals surface area contributed by atoms with E-state index in [0.29, 0.717) is 23.9 Å². The Bertz CT molecular complexity index is 1580. The van der Waals surface area contributed by atoms with Crippen LogP contribution in [0.15, 0.2) is 97.2 Å². The lowest BCUT2D eigenvalue weighted by Gasteiger charge is -2.25. The number of quaternary nitrogens is 1. The van der Waals surface area contributed by atoms with Crippen molar-refractivity contribution in [3.05, 3.63) is 97.2 Å². The number of nitrogens with zero attached hydrogens (tertiary/aromatic N) is 1. The van der Waals surface area contributed by atoms with Gasteiger partial charge in [-0.2, -0.15) is 0 Å². The number of unbranched alkanes of at least 4 members (excludes halogenated alkanes) is 26. The van der Waals surface area contributed by atoms with Gasteiger partial charge < -0.3 is 28.5 Å². The zero-order valence-electron chi connectivity index (χ0n) is 50.3. The van der Waals surface area contributed by atoms with Crippen LogP contribution >= 0.6 is 0 Å². The number of ether oxygens (including phenoxy) is 4. The fraction of sp³-hybridized carbons (Fsp3) is 0.721. The summed E-state index contributed by atoms with van der Waals surface area (Å²) in [5, 5.41) is 9.72. The molecule has 0 bridgehead atoms. The number of esters is 2. The highest BCUT2D eigenvalue weighted by Crippen LogP contribution is 2.16. The first-order valence-electron chi connectivity index (χ1n) is 31.4. The summed E-state index contributed by atoms with van der Waals surface area (Å²) in [5.41, 5.74) is 0. The molecular formula is C68H118NO8+. The molecule has 0 aromatic carbocycles. The second-order valence-electron chi connectivity index (χ2n) is 22.0. The van der Waals surface area contributed by atoms with Gasteiger partial charge in [0.1, 0.15) is 13.2 Å². The maximum absolute atomic E-state index is 12.9. The predicted molar refractivity (Wildman–Crippen MR) is 327 cm³/mol. The second-order valence-corrected chi connectivity index (χ2v) is 22.0. The summed E-state index contributed by atoms with van der Waals surface area (Å²) in [4.78, 5) is 37.5. The van der Waals surface area contributed by atoms with Crippen molar-refractivity contribution >= 4 is 17.9 Å². The molecule has 0 aromatic heterocycles. The van der Waals surface area contributed by atoms with E-state index in [9.17, 15) is 19.5 Å². The van der Waals surface area contributed by atoms with Gasteiger partial charge in [0.15, 0.2) is 6.10 Å². The molecule has 9 heteroatoms. The van der Waals surface area contributed by atoms with E-state index in [-0.39, 0.29) is 32.2 Å². The quantitative estimate of drug-likeness (QED) is 0.0211. The molecule has 442 valence electrons. The smallest absolute Gasteiger partial charge is 0.361 e. The van der Waals surface area contributed by atoms with Crippen LogP contribution in [0.3, 0.4) is 0 Å². The van der Waals surface area contributed by atoms with Gasteiger partial charge in [-0.1, -0.05) is 246 Å². The molecular weight excluding hydrogens is 959 g/mol. The van der Waals surface area contributed by atoms with Crippen LogP contribution in [0, 0.1) is 0 Å². The van der Waals surface area contributed by atoms with Crippen LogP contribution in [0.2, 0.25) is 0 Å². The number of hydrogen-bond donors (Lipinski definition) is 1. The van der Waals surface area contributed by atoms with E-state index < -0.39 is 24.3 Å². The molecule has 9 nitrogen and oxygen atoms in total. The highest BCUT2D eigenvalue weighted by atomic mass is 16.7. The van der Waals surface area contributed by atoms with E-state index in [1.54, 1.807) is 0 Å². The molecule has 0 spiro atoms. The first-order chi connectivity index (χ1) is 37.6. The summed E-state index contributed by atoms with van der Waals surface area (Å²) in [6, 6.07) is 0. The van der Waals surface area contributed by atoms with E-state index in [1.807, 2.05) is 21.1 Å². The van der Waals surface area contributed by atoms with Gasteiger partial charge in [0.05, 0.1) is 34.4 Å². The summed E-state index contributed by atoms with van der Waals surface area (Å²) < 4.78 is 22.9. The minimum Gasteiger partial charge on any atom is -0.477 e. The predicted octanol–water partition coefficient (Wildman–Crippen LogP) is 18.9. The molecule has 0 aliphatic carbocycles. The van der Waals surface area contributed by atoms with Gasteiger partial charge in [-0.15, -0.1) is 0 Å². The van der Waals surface area contributed by atoms with E-state index >= 15 is 0 Å². The summed E-state index contributed by atoms with van der Waals surface area (Å²) >= 11 is 0. The van der Waals surface area contributed by atoms with Crippen LogP contribution in [-0.4, -0.2) is 87.4 Å². The van der Waals surface area contributed by atoms with Crippen molar-refractivity contribution < 1.29 is 42.9 Å². The Labute approximate surface area is 473 Å². The fourth-order valence-electron chi connectivity index (χ4n) is 8.52. The molecule has 0 fully saturated rings. The molecule has 0 aromatic rings. The van der Waals surface area contributed by atoms with Gasteiger partial charge in [-0.05, 0) is 96.3 Å². The number of allylic oxidation sites excluding steroid dienone is 16. The van der Waals surface area contributed by atoms with Crippen molar-refractivity contribution in [1.29, 1.82) is 0 Å². The Kier molecular flexibility index (Phi) is 55.5. The molecule has 0 saturated heterocycles. The number of aliphatic carboxylic acids is 1. The monoisotopic (exact) mass is 1080 g/mol. The molecule has 0 radical (unpaired) electrons. The summed E-state index contributed by atoms with van der Waals surface area (Å²) in [5.74, 6) is -2.01. The molecule has 77 heavy (non-hydrogen) atoms. The third kappa shape index (κ3) is 59.7. The zero-order chi connectivity index (χ0) is 56.2. The van der Waals surface area contributed by atoms with Crippen molar-refractivity contribution in [3.8, 4) is 0 Å². The van der Waals surface area contributed by atoms with E-state index in [2.05, 4.69) is 111 Å². The fourth-order valence-corrected chi connectivity index (χ4v) is 8.52. The van der Waals surface area contributed by atoms with Gasteiger partial charge in [-0.25, -0.2) is 4.79 Å². The van der Waals surface area contributed by atoms with Gasteiger partial charge in [0, 0.05) is 12.8 Å². The van der Waals surface area contributed by atoms with Crippen molar-refractivity contribution in [2.75, 3.05) is 47.5 Å². The molecule has 0 amide bonds. The average Bonchev–Trinajstić information content (AvgIpc) is 3.40. The third-order valence-electron chi connectivity index (χ3n) is 13.3. The molecule has 0 saturated carbocycles. The molecule has 0 aliphatic heterocycles. The lowest BCUT2D eigenvalue weighted by atomic mass is 10.0. The first-order valence-corrected chi connectivity index (χ1v) is 31.4. The Hall–Kier alpha value is -3.79. The maximum Gasteiger partial charge on any atom is 0.361 e. The molecule has 0 rings (SSSR count). The Morgan fingerprint density at radius 2 is 0.740 bits per heavy atom. The number of carbonyl (C=O) groups is 3. The highest BCUT2D eigenvalue weighted by molar-refractivity contribution is 5.71. The van der Waals surface area contributed by atoms with Crippen molar-refractivity contribution in [2.45, 2.75) is 270 Å². The van der Waals surface area contributed by atoms with Crippen molar-refractivity contribution in [3.63, 3.8) is 0 Å². The number of carboxylic acids is 1. The van der Waals surface area contributed by atoms with Gasteiger partial charge in [0.25, 0.3) is 6.29 Å². The number of rotatable bonds is 57. The van der Waals surface area contributed by atoms with Crippen molar-refractivity contribution in [2.24, 2.45) is 0 Å². The topological polar surface area (TPSA) is 108 Å². The van der Waals surface area contributed by atoms with E-state index in [4.69, 9.17) is 18.9 Å². The van der Waals surface area contributed by atoms with Gasteiger partial charge in [0.2, 0.25) is 0 Å². The van der Waals surface area contributed by atoms with E-state index in [1.165, 1.54) is 135 Å². The minimum absolute atomic E-state index is 0.182. The lowest BCUT2D eigenvalue weighted by molar-refractivity contribution is -0.870. The van der Waals surface area contributed by atoms with Gasteiger partial charge in [-0.3, -0.25) is 9.59 Å². The van der Waals surface area contributed by atoms with Crippen LogP contribution in [0.4, 0.5) is 0 Å². The van der Waals surface area contributed by atoms with Crippen LogP contribution in [-0.2, 0) is 33.3 Å². The number of hydrogen-bond acceptors (Lipinski definition) is 7. The SMILES string of the molecule is CC/C=C\C/C=C\C/C=C\C/C=C\C/C=C\CCCCCCCCCCCCCC(=O)OC(COC(=O)CCCCCCCCCCCC/C=C\C/C=C\C/C=C\CCCCCCC)COC(OCC[N+](C)(C)C)C(=O)O. The molecule has 0 aliphatic rings. The molecule has 1 N–H and O–H groups in total. The van der Waals surface area contributed by atoms with E-state index in [0.717, 1.165) is 89.9 Å². The molecule has 0 heterocycles. The van der Waals surface area contributed by atoms with Crippen molar-refractivity contribution in [1.82, 2.24) is 0 Å². The minimum atomic E-state index is -1.52. The third-order valence-corrected chi connectivity index (χ3v) is 13.3.